The molecule has 1 aromatic carbocycles. The second-order valence-electron chi connectivity index (χ2n) is 6.06. The molecule has 1 aromatic rings. The molecule has 0 saturated heterocycles. The van der Waals surface area contributed by atoms with Gasteiger partial charge in [-0.05, 0) is 36.9 Å². The second kappa shape index (κ2) is 7.81. The molecule has 1 fully saturated rings. The fourth-order valence-electron chi connectivity index (χ4n) is 3.09. The smallest absolute Gasteiger partial charge is 0.317 e. The molecule has 0 aromatic heterocycles. The Bertz CT molecular complexity index is 454. The Morgan fingerprint density at radius 1 is 1.29 bits per heavy atom. The van der Waals surface area contributed by atoms with Gasteiger partial charge in [0, 0.05) is 6.54 Å². The molecule has 21 heavy (non-hydrogen) atoms. The molecule has 0 aliphatic heterocycles. The number of benzene rings is 1. The molecular weight excluding hydrogens is 286 g/mol. The van der Waals surface area contributed by atoms with Crippen molar-refractivity contribution in [3.8, 4) is 0 Å². The Balaban J connectivity index is 1.92. The van der Waals surface area contributed by atoms with Gasteiger partial charge in [-0.15, -0.1) is 11.6 Å². The van der Waals surface area contributed by atoms with Crippen LogP contribution in [0.25, 0.3) is 0 Å². The highest BCUT2D eigenvalue weighted by Gasteiger charge is 2.17. The van der Waals surface area contributed by atoms with Crippen molar-refractivity contribution in [2.75, 3.05) is 20.1 Å². The summed E-state index contributed by atoms with van der Waals surface area (Å²) in [5, 5.41) is 8.59. The van der Waals surface area contributed by atoms with Gasteiger partial charge in [-0.2, -0.15) is 0 Å². The van der Waals surface area contributed by atoms with Gasteiger partial charge in [-0.1, -0.05) is 43.5 Å². The summed E-state index contributed by atoms with van der Waals surface area (Å²) < 4.78 is 0. The SMILES string of the molecule is CN(CC(=O)O)CC(Cl)c1ccc(C2CCCCC2)cc1. The van der Waals surface area contributed by atoms with Gasteiger partial charge in [0.1, 0.15) is 0 Å². The Morgan fingerprint density at radius 3 is 2.48 bits per heavy atom. The summed E-state index contributed by atoms with van der Waals surface area (Å²) in [5.74, 6) is -0.120. The van der Waals surface area contributed by atoms with Crippen LogP contribution in [0.2, 0.25) is 0 Å². The van der Waals surface area contributed by atoms with Crippen molar-refractivity contribution in [2.45, 2.75) is 43.4 Å². The molecular formula is C17H24ClNO2. The summed E-state index contributed by atoms with van der Waals surface area (Å²) in [5.41, 5.74) is 2.48. The van der Waals surface area contributed by atoms with Crippen molar-refractivity contribution < 1.29 is 9.90 Å². The average molecular weight is 310 g/mol. The molecule has 2 rings (SSSR count). The number of carbonyl (C=O) groups is 1. The number of carboxylic acids is 1. The van der Waals surface area contributed by atoms with E-state index < -0.39 is 5.97 Å². The number of hydrogen-bond acceptors (Lipinski definition) is 2. The van der Waals surface area contributed by atoms with Crippen LogP contribution < -0.4 is 0 Å². The molecule has 116 valence electrons. The molecule has 1 N–H and O–H groups in total. The maximum atomic E-state index is 10.7. The summed E-state index contributed by atoms with van der Waals surface area (Å²) in [6, 6.07) is 8.57. The standard InChI is InChI=1S/C17H24ClNO2/c1-19(12-17(20)21)11-16(18)15-9-7-14(8-10-15)13-5-3-2-4-6-13/h7-10,13,16H,2-6,11-12H2,1H3,(H,20,21). The lowest BCUT2D eigenvalue weighted by atomic mass is 9.84. The van der Waals surface area contributed by atoms with Crippen molar-refractivity contribution in [1.82, 2.24) is 4.90 Å². The van der Waals surface area contributed by atoms with E-state index in [1.54, 1.807) is 11.9 Å². The molecule has 1 atom stereocenters. The van der Waals surface area contributed by atoms with Gasteiger partial charge >= 0.3 is 5.97 Å². The lowest BCUT2D eigenvalue weighted by Crippen LogP contribution is -2.28. The van der Waals surface area contributed by atoms with Crippen LogP contribution in [-0.4, -0.2) is 36.1 Å². The number of alkyl halides is 1. The first-order valence-electron chi connectivity index (χ1n) is 7.70. The van der Waals surface area contributed by atoms with Gasteiger partial charge in [0.2, 0.25) is 0 Å². The van der Waals surface area contributed by atoms with Crippen molar-refractivity contribution in [2.24, 2.45) is 0 Å². The van der Waals surface area contributed by atoms with E-state index in [2.05, 4.69) is 24.3 Å². The molecule has 1 unspecified atom stereocenters. The molecule has 1 saturated carbocycles. The first kappa shape index (κ1) is 16.3. The summed E-state index contributed by atoms with van der Waals surface area (Å²) in [6.07, 6.45) is 6.64. The minimum atomic E-state index is -0.825. The molecule has 0 amide bonds. The number of hydrogen-bond donors (Lipinski definition) is 1. The number of aliphatic carboxylic acids is 1. The highest BCUT2D eigenvalue weighted by molar-refractivity contribution is 6.21. The van der Waals surface area contributed by atoms with Gasteiger partial charge in [-0.25, -0.2) is 0 Å². The van der Waals surface area contributed by atoms with Crippen LogP contribution in [0.1, 0.15) is 54.5 Å². The summed E-state index contributed by atoms with van der Waals surface area (Å²) in [4.78, 5) is 12.4. The summed E-state index contributed by atoms with van der Waals surface area (Å²) >= 11 is 6.39. The van der Waals surface area contributed by atoms with Crippen LogP contribution >= 0.6 is 11.6 Å². The number of nitrogens with zero attached hydrogens (tertiary/aromatic N) is 1. The number of likely N-dealkylation sites (N-methyl/N-ethyl adjacent to an activating group) is 1. The van der Waals surface area contributed by atoms with E-state index in [1.165, 1.54) is 37.7 Å². The minimum absolute atomic E-state index is 0.0172. The van der Waals surface area contributed by atoms with Crippen LogP contribution in [0, 0.1) is 0 Å². The van der Waals surface area contributed by atoms with E-state index in [-0.39, 0.29) is 11.9 Å². The lowest BCUT2D eigenvalue weighted by Gasteiger charge is -2.23. The predicted octanol–water partition coefficient (Wildman–Crippen LogP) is 4.03. The second-order valence-corrected chi connectivity index (χ2v) is 6.59. The van der Waals surface area contributed by atoms with Crippen LogP contribution in [0.15, 0.2) is 24.3 Å². The molecule has 3 nitrogen and oxygen atoms in total. The summed E-state index contributed by atoms with van der Waals surface area (Å²) in [6.45, 7) is 0.556. The fraction of sp³-hybridized carbons (Fsp3) is 0.588. The molecule has 1 aliphatic rings. The molecule has 4 heteroatoms. The van der Waals surface area contributed by atoms with Gasteiger partial charge in [0.15, 0.2) is 0 Å². The number of halogens is 1. The van der Waals surface area contributed by atoms with Crippen molar-refractivity contribution >= 4 is 17.6 Å². The third-order valence-electron chi connectivity index (χ3n) is 4.25. The molecule has 0 heterocycles. The minimum Gasteiger partial charge on any atom is -0.480 e. The van der Waals surface area contributed by atoms with Crippen LogP contribution in [0.5, 0.6) is 0 Å². The quantitative estimate of drug-likeness (QED) is 0.807. The van der Waals surface area contributed by atoms with E-state index >= 15 is 0 Å². The Kier molecular flexibility index (Phi) is 6.07. The van der Waals surface area contributed by atoms with E-state index in [0.29, 0.717) is 12.5 Å². The number of rotatable bonds is 6. The zero-order chi connectivity index (χ0) is 15.2. The van der Waals surface area contributed by atoms with E-state index in [9.17, 15) is 4.79 Å². The highest BCUT2D eigenvalue weighted by atomic mass is 35.5. The van der Waals surface area contributed by atoms with Crippen molar-refractivity contribution in [3.63, 3.8) is 0 Å². The van der Waals surface area contributed by atoms with Gasteiger partial charge in [0.05, 0.1) is 11.9 Å². The third kappa shape index (κ3) is 5.01. The monoisotopic (exact) mass is 309 g/mol. The molecule has 0 radical (unpaired) electrons. The Morgan fingerprint density at radius 2 is 1.90 bits per heavy atom. The Labute approximate surface area is 131 Å². The maximum absolute atomic E-state index is 10.7. The average Bonchev–Trinajstić information content (AvgIpc) is 2.47. The predicted molar refractivity (Wildman–Crippen MR) is 86.0 cm³/mol. The maximum Gasteiger partial charge on any atom is 0.317 e. The zero-order valence-electron chi connectivity index (χ0n) is 12.6. The van der Waals surface area contributed by atoms with Crippen molar-refractivity contribution in [3.05, 3.63) is 35.4 Å². The van der Waals surface area contributed by atoms with E-state index in [0.717, 1.165) is 5.56 Å². The lowest BCUT2D eigenvalue weighted by molar-refractivity contribution is -0.137. The van der Waals surface area contributed by atoms with E-state index in [1.807, 2.05) is 0 Å². The third-order valence-corrected chi connectivity index (χ3v) is 4.64. The first-order chi connectivity index (χ1) is 10.1. The molecule has 0 spiro atoms. The van der Waals surface area contributed by atoms with E-state index in [4.69, 9.17) is 16.7 Å². The normalized spacial score (nSPS) is 17.9. The molecule has 1 aliphatic carbocycles. The van der Waals surface area contributed by atoms with Crippen LogP contribution in [0.3, 0.4) is 0 Å². The first-order valence-corrected chi connectivity index (χ1v) is 8.14. The van der Waals surface area contributed by atoms with Crippen LogP contribution in [0.4, 0.5) is 0 Å². The van der Waals surface area contributed by atoms with Gasteiger partial charge in [-0.3, -0.25) is 9.69 Å². The largest absolute Gasteiger partial charge is 0.480 e. The zero-order valence-corrected chi connectivity index (χ0v) is 13.4. The Hall–Kier alpha value is -1.06. The van der Waals surface area contributed by atoms with Gasteiger partial charge < -0.3 is 5.11 Å². The van der Waals surface area contributed by atoms with Gasteiger partial charge in [0.25, 0.3) is 0 Å². The summed E-state index contributed by atoms with van der Waals surface area (Å²) in [7, 11) is 1.78. The molecule has 0 bridgehead atoms. The van der Waals surface area contributed by atoms with Crippen LogP contribution in [-0.2, 0) is 4.79 Å². The topological polar surface area (TPSA) is 40.5 Å². The van der Waals surface area contributed by atoms with Crippen molar-refractivity contribution in [1.29, 1.82) is 0 Å². The highest BCUT2D eigenvalue weighted by Crippen LogP contribution is 2.33. The fourth-order valence-corrected chi connectivity index (χ4v) is 3.47. The number of carboxylic acid groups (broad SMARTS) is 1.